The Morgan fingerprint density at radius 2 is 1.43 bits per heavy atom. The van der Waals surface area contributed by atoms with E-state index in [9.17, 15) is 27.6 Å². The lowest BCUT2D eigenvalue weighted by atomic mass is 10.0. The van der Waals surface area contributed by atoms with Gasteiger partial charge in [-0.1, -0.05) is 71.7 Å². The number of carbonyl (C=O) groups is 4. The zero-order valence-corrected chi connectivity index (χ0v) is 27.5. The number of rotatable bonds is 13. The van der Waals surface area contributed by atoms with E-state index in [1.54, 1.807) is 60.4 Å². The van der Waals surface area contributed by atoms with E-state index < -0.39 is 33.7 Å². The van der Waals surface area contributed by atoms with Gasteiger partial charge in [0.1, 0.15) is 6.04 Å². The maximum absolute atomic E-state index is 13.2. The van der Waals surface area contributed by atoms with Crippen LogP contribution in [0.1, 0.15) is 28.4 Å². The number of hydrogen-bond acceptors (Lipinski definition) is 7. The number of carbonyl (C=O) groups excluding carboxylic acids is 4. The van der Waals surface area contributed by atoms with Gasteiger partial charge in [-0.3, -0.25) is 24.1 Å². The molecule has 0 unspecified atom stereocenters. The van der Waals surface area contributed by atoms with Gasteiger partial charge in [0, 0.05) is 59.2 Å². The van der Waals surface area contributed by atoms with Crippen LogP contribution in [-0.4, -0.2) is 87.0 Å². The average Bonchev–Trinajstić information content (AvgIpc) is 3.03. The van der Waals surface area contributed by atoms with Gasteiger partial charge in [-0.05, 0) is 35.4 Å². The predicted molar refractivity (Wildman–Crippen MR) is 175 cm³/mol. The smallest absolute Gasteiger partial charge is 0.289 e. The number of hydrogen-bond donors (Lipinski definition) is 3. The van der Waals surface area contributed by atoms with Crippen molar-refractivity contribution < 1.29 is 27.6 Å². The maximum Gasteiger partial charge on any atom is 0.289 e. The molecule has 0 radical (unpaired) electrons. The average molecular weight is 689 g/mol. The molecule has 3 aromatic rings. The molecule has 3 N–H and O–H groups in total. The predicted octanol–water partition coefficient (Wildman–Crippen LogP) is 2.66. The van der Waals surface area contributed by atoms with Gasteiger partial charge in [0.15, 0.2) is 0 Å². The standard InChI is InChI=1S/C32H35Cl2N5O6S/c1-22(40)39-18-16-38(17-19-39)21-24-10-12-25(13-11-24)46(44,45)36-15-14-35-32(43)30(41)28(20-23-6-3-2-4-7-23)37-31(42)29-26(33)8-5-9-27(29)34/h2-13,28,36H,14-21H2,1H3,(H,35,43)(H,37,42)/t28-/m0/s1. The fourth-order valence-electron chi connectivity index (χ4n) is 4.95. The van der Waals surface area contributed by atoms with Crippen molar-refractivity contribution in [1.29, 1.82) is 0 Å². The Bertz CT molecular complexity index is 1640. The largest absolute Gasteiger partial charge is 0.348 e. The molecule has 14 heteroatoms. The molecule has 0 bridgehead atoms. The van der Waals surface area contributed by atoms with Gasteiger partial charge in [-0.15, -0.1) is 0 Å². The lowest BCUT2D eigenvalue weighted by Gasteiger charge is -2.34. The van der Waals surface area contributed by atoms with Gasteiger partial charge in [0.2, 0.25) is 21.7 Å². The molecule has 4 rings (SSSR count). The Balaban J connectivity index is 1.30. The lowest BCUT2D eigenvalue weighted by Crippen LogP contribution is -2.49. The number of piperazine rings is 1. The van der Waals surface area contributed by atoms with E-state index in [0.29, 0.717) is 25.2 Å². The molecule has 0 aromatic heterocycles. The number of sulfonamides is 1. The summed E-state index contributed by atoms with van der Waals surface area (Å²) in [4.78, 5) is 54.6. The summed E-state index contributed by atoms with van der Waals surface area (Å²) in [5.74, 6) is -2.56. The molecule has 3 aromatic carbocycles. The van der Waals surface area contributed by atoms with Crippen molar-refractivity contribution >= 4 is 56.7 Å². The fraction of sp³-hybridized carbons (Fsp3) is 0.312. The zero-order chi connectivity index (χ0) is 33.3. The first-order valence-electron chi connectivity index (χ1n) is 14.6. The molecule has 244 valence electrons. The van der Waals surface area contributed by atoms with E-state index in [1.165, 1.54) is 24.3 Å². The van der Waals surface area contributed by atoms with Crippen LogP contribution in [0, 0.1) is 0 Å². The van der Waals surface area contributed by atoms with E-state index in [1.807, 2.05) is 0 Å². The highest BCUT2D eigenvalue weighted by Gasteiger charge is 2.29. The molecule has 0 saturated carbocycles. The van der Waals surface area contributed by atoms with E-state index in [4.69, 9.17) is 23.2 Å². The number of ketones is 1. The third-order valence-corrected chi connectivity index (χ3v) is 9.59. The molecule has 11 nitrogen and oxygen atoms in total. The summed E-state index contributed by atoms with van der Waals surface area (Å²) in [6, 6.07) is 18.6. The Morgan fingerprint density at radius 3 is 2.04 bits per heavy atom. The number of nitrogens with zero attached hydrogens (tertiary/aromatic N) is 2. The molecule has 1 aliphatic heterocycles. The third kappa shape index (κ3) is 9.60. The first-order valence-corrected chi connectivity index (χ1v) is 16.9. The van der Waals surface area contributed by atoms with Crippen LogP contribution in [0.4, 0.5) is 0 Å². The van der Waals surface area contributed by atoms with Crippen molar-refractivity contribution in [1.82, 2.24) is 25.2 Å². The van der Waals surface area contributed by atoms with Crippen LogP contribution in [0.5, 0.6) is 0 Å². The van der Waals surface area contributed by atoms with Crippen molar-refractivity contribution in [3.63, 3.8) is 0 Å². The Morgan fingerprint density at radius 1 is 0.804 bits per heavy atom. The van der Waals surface area contributed by atoms with E-state index >= 15 is 0 Å². The Labute approximate surface area is 278 Å². The maximum atomic E-state index is 13.2. The summed E-state index contributed by atoms with van der Waals surface area (Å²) in [6.07, 6.45) is 0.0259. The number of nitrogens with one attached hydrogen (secondary N) is 3. The quantitative estimate of drug-likeness (QED) is 0.185. The number of amides is 3. The zero-order valence-electron chi connectivity index (χ0n) is 25.2. The highest BCUT2D eigenvalue weighted by atomic mass is 35.5. The minimum atomic E-state index is -3.88. The summed E-state index contributed by atoms with van der Waals surface area (Å²) in [7, 11) is -3.88. The first kappa shape index (κ1) is 35.1. The van der Waals surface area contributed by atoms with Crippen molar-refractivity contribution in [2.24, 2.45) is 0 Å². The molecule has 1 atom stereocenters. The van der Waals surface area contributed by atoms with Crippen molar-refractivity contribution in [2.45, 2.75) is 30.8 Å². The molecular formula is C32H35Cl2N5O6S. The van der Waals surface area contributed by atoms with Gasteiger partial charge in [0.25, 0.3) is 11.8 Å². The van der Waals surface area contributed by atoms with Crippen LogP contribution in [0.15, 0.2) is 77.7 Å². The van der Waals surface area contributed by atoms with Gasteiger partial charge < -0.3 is 15.5 Å². The molecule has 1 fully saturated rings. The Hall–Kier alpha value is -3.81. The van der Waals surface area contributed by atoms with Crippen LogP contribution in [0.2, 0.25) is 10.0 Å². The lowest BCUT2D eigenvalue weighted by molar-refractivity contribution is -0.138. The van der Waals surface area contributed by atoms with E-state index in [-0.39, 0.29) is 45.9 Å². The topological polar surface area (TPSA) is 145 Å². The van der Waals surface area contributed by atoms with Crippen LogP contribution in [-0.2, 0) is 37.4 Å². The number of halogens is 2. The van der Waals surface area contributed by atoms with Crippen LogP contribution >= 0.6 is 23.2 Å². The van der Waals surface area contributed by atoms with Crippen LogP contribution in [0.3, 0.4) is 0 Å². The van der Waals surface area contributed by atoms with Gasteiger partial charge in [-0.25, -0.2) is 13.1 Å². The summed E-state index contributed by atoms with van der Waals surface area (Å²) in [5.41, 5.74) is 1.62. The van der Waals surface area contributed by atoms with Gasteiger partial charge in [-0.2, -0.15) is 0 Å². The molecule has 1 saturated heterocycles. The van der Waals surface area contributed by atoms with Crippen molar-refractivity contribution in [3.8, 4) is 0 Å². The van der Waals surface area contributed by atoms with Crippen LogP contribution in [0.25, 0.3) is 0 Å². The normalized spacial score (nSPS) is 14.4. The van der Waals surface area contributed by atoms with Crippen molar-refractivity contribution in [3.05, 3.63) is 99.5 Å². The second-order valence-electron chi connectivity index (χ2n) is 10.8. The first-order chi connectivity index (χ1) is 21.9. The summed E-state index contributed by atoms with van der Waals surface area (Å²) in [5, 5.41) is 5.17. The second-order valence-corrected chi connectivity index (χ2v) is 13.3. The molecule has 46 heavy (non-hydrogen) atoms. The van der Waals surface area contributed by atoms with Crippen LogP contribution < -0.4 is 15.4 Å². The minimum Gasteiger partial charge on any atom is -0.348 e. The minimum absolute atomic E-state index is 0.0213. The number of benzene rings is 3. The fourth-order valence-corrected chi connectivity index (χ4v) is 6.55. The second kappa shape index (κ2) is 16.1. The molecule has 1 heterocycles. The summed E-state index contributed by atoms with van der Waals surface area (Å²) < 4.78 is 28.1. The molecule has 3 amide bonds. The van der Waals surface area contributed by atoms with Gasteiger partial charge >= 0.3 is 0 Å². The van der Waals surface area contributed by atoms with Gasteiger partial charge in [0.05, 0.1) is 20.5 Å². The van der Waals surface area contributed by atoms with Crippen molar-refractivity contribution in [2.75, 3.05) is 39.3 Å². The highest BCUT2D eigenvalue weighted by Crippen LogP contribution is 2.24. The molecule has 1 aliphatic rings. The third-order valence-electron chi connectivity index (χ3n) is 7.48. The van der Waals surface area contributed by atoms with E-state index in [2.05, 4.69) is 20.3 Å². The SMILES string of the molecule is CC(=O)N1CCN(Cc2ccc(S(=O)(=O)NCCNC(=O)C(=O)[C@H](Cc3ccccc3)NC(=O)c3c(Cl)cccc3Cl)cc2)CC1. The van der Waals surface area contributed by atoms with E-state index in [0.717, 1.165) is 18.7 Å². The summed E-state index contributed by atoms with van der Waals surface area (Å²) >= 11 is 12.3. The molecule has 0 spiro atoms. The monoisotopic (exact) mass is 687 g/mol. The number of Topliss-reactive ketones (excluding diaryl/α,β-unsaturated/α-hetero) is 1. The molecular weight excluding hydrogens is 653 g/mol. The Kier molecular flexibility index (Phi) is 12.3. The highest BCUT2D eigenvalue weighted by molar-refractivity contribution is 7.89. The summed E-state index contributed by atoms with van der Waals surface area (Å²) in [6.45, 7) is 4.65. The molecule has 0 aliphatic carbocycles.